The summed E-state index contributed by atoms with van der Waals surface area (Å²) in [6.07, 6.45) is 3.21. The van der Waals surface area contributed by atoms with Crippen molar-refractivity contribution >= 4 is 5.91 Å². The molecule has 150 valence electrons. The first-order valence-electron chi connectivity index (χ1n) is 10.2. The van der Waals surface area contributed by atoms with Gasteiger partial charge in [-0.3, -0.25) is 9.69 Å². The number of amides is 1. The fraction of sp³-hybridized carbons (Fsp3) is 0.348. The third-order valence-corrected chi connectivity index (χ3v) is 5.32. The fourth-order valence-corrected chi connectivity index (χ4v) is 3.77. The smallest absolute Gasteiger partial charge is 0.227 e. The Labute approximate surface area is 170 Å². The molecule has 4 rings (SSSR count). The van der Waals surface area contributed by atoms with Gasteiger partial charge in [0.15, 0.2) is 0 Å². The van der Waals surface area contributed by atoms with Crippen molar-refractivity contribution < 1.29 is 9.32 Å². The van der Waals surface area contributed by atoms with Crippen molar-refractivity contribution in [3.63, 3.8) is 0 Å². The lowest BCUT2D eigenvalue weighted by Crippen LogP contribution is -2.36. The van der Waals surface area contributed by atoms with E-state index in [1.54, 1.807) is 0 Å². The summed E-state index contributed by atoms with van der Waals surface area (Å²) in [5, 5.41) is 7.10. The average Bonchev–Trinajstić information content (AvgIpc) is 3.46. The van der Waals surface area contributed by atoms with Crippen molar-refractivity contribution in [2.24, 2.45) is 0 Å². The highest BCUT2D eigenvalue weighted by molar-refractivity contribution is 5.76. The molecular weight excluding hydrogens is 364 g/mol. The maximum Gasteiger partial charge on any atom is 0.227 e. The van der Waals surface area contributed by atoms with E-state index in [4.69, 9.17) is 4.52 Å². The molecule has 0 saturated carbocycles. The molecule has 0 unspecified atom stereocenters. The van der Waals surface area contributed by atoms with Gasteiger partial charge in [-0.15, -0.1) is 0 Å². The molecule has 1 aromatic heterocycles. The van der Waals surface area contributed by atoms with E-state index in [0.29, 0.717) is 31.1 Å². The van der Waals surface area contributed by atoms with E-state index in [0.717, 1.165) is 18.7 Å². The molecule has 1 aliphatic heterocycles. The largest absolute Gasteiger partial charge is 0.354 e. The number of benzene rings is 2. The molecule has 6 heteroatoms. The highest BCUT2D eigenvalue weighted by atomic mass is 16.5. The van der Waals surface area contributed by atoms with Crippen molar-refractivity contribution in [2.45, 2.75) is 31.7 Å². The van der Waals surface area contributed by atoms with E-state index in [1.165, 1.54) is 18.4 Å². The van der Waals surface area contributed by atoms with E-state index < -0.39 is 0 Å². The Bertz CT molecular complexity index is 905. The molecule has 1 saturated heterocycles. The van der Waals surface area contributed by atoms with Crippen LogP contribution in [-0.2, 0) is 11.2 Å². The fourth-order valence-electron chi connectivity index (χ4n) is 3.77. The number of aromatic nitrogens is 2. The maximum absolute atomic E-state index is 12.4. The van der Waals surface area contributed by atoms with Crippen LogP contribution in [0.4, 0.5) is 0 Å². The molecule has 3 aromatic rings. The summed E-state index contributed by atoms with van der Waals surface area (Å²) < 4.78 is 5.30. The minimum atomic E-state index is 0.00425. The van der Waals surface area contributed by atoms with Crippen LogP contribution in [0.3, 0.4) is 0 Å². The molecule has 6 nitrogen and oxygen atoms in total. The molecule has 0 spiro atoms. The first-order valence-corrected chi connectivity index (χ1v) is 10.2. The number of hydrogen-bond acceptors (Lipinski definition) is 5. The van der Waals surface area contributed by atoms with Gasteiger partial charge in [-0.1, -0.05) is 65.8 Å². The highest BCUT2D eigenvalue weighted by Crippen LogP contribution is 2.24. The van der Waals surface area contributed by atoms with E-state index >= 15 is 0 Å². The summed E-state index contributed by atoms with van der Waals surface area (Å²) in [4.78, 5) is 19.3. The van der Waals surface area contributed by atoms with Crippen LogP contribution in [0, 0.1) is 0 Å². The number of rotatable bonds is 8. The van der Waals surface area contributed by atoms with Gasteiger partial charge >= 0.3 is 0 Å². The predicted molar refractivity (Wildman–Crippen MR) is 111 cm³/mol. The van der Waals surface area contributed by atoms with Crippen molar-refractivity contribution in [1.82, 2.24) is 20.4 Å². The minimum absolute atomic E-state index is 0.00425. The quantitative estimate of drug-likeness (QED) is 0.636. The Hall–Kier alpha value is -2.99. The second kappa shape index (κ2) is 9.47. The second-order valence-corrected chi connectivity index (χ2v) is 7.35. The number of carbonyl (C=O) groups excluding carboxylic acids is 1. The van der Waals surface area contributed by atoms with Crippen LogP contribution in [0.25, 0.3) is 11.4 Å². The van der Waals surface area contributed by atoms with Gasteiger partial charge in [-0.2, -0.15) is 4.98 Å². The Kier molecular flexibility index (Phi) is 6.32. The van der Waals surface area contributed by atoms with Gasteiger partial charge in [0.2, 0.25) is 17.6 Å². The third kappa shape index (κ3) is 5.09. The minimum Gasteiger partial charge on any atom is -0.354 e. The van der Waals surface area contributed by atoms with Crippen LogP contribution in [0.15, 0.2) is 65.2 Å². The lowest BCUT2D eigenvalue weighted by Gasteiger charge is -2.28. The predicted octanol–water partition coefficient (Wildman–Crippen LogP) is 3.62. The van der Waals surface area contributed by atoms with Crippen molar-refractivity contribution in [1.29, 1.82) is 0 Å². The molecule has 0 aliphatic carbocycles. The molecule has 2 heterocycles. The van der Waals surface area contributed by atoms with Gasteiger partial charge in [0.1, 0.15) is 0 Å². The molecule has 29 heavy (non-hydrogen) atoms. The van der Waals surface area contributed by atoms with Crippen molar-refractivity contribution in [3.05, 3.63) is 72.1 Å². The number of likely N-dealkylation sites (tertiary alicyclic amines) is 1. The topological polar surface area (TPSA) is 71.3 Å². The Morgan fingerprint density at radius 3 is 2.45 bits per heavy atom. The lowest BCUT2D eigenvalue weighted by molar-refractivity contribution is -0.121. The second-order valence-electron chi connectivity index (χ2n) is 7.35. The van der Waals surface area contributed by atoms with Crippen LogP contribution in [-0.4, -0.2) is 40.6 Å². The van der Waals surface area contributed by atoms with E-state index in [1.807, 2.05) is 36.4 Å². The maximum atomic E-state index is 12.4. The standard InChI is InChI=1S/C23H26N4O2/c28-21(13-14-22-25-23(26-29-22)19-11-5-2-6-12-19)24-17-20(27-15-7-8-16-27)18-9-3-1-4-10-18/h1-6,9-12,20H,7-8,13-17H2,(H,24,28)/t20-/m0/s1. The zero-order valence-corrected chi connectivity index (χ0v) is 16.5. The van der Waals surface area contributed by atoms with Crippen LogP contribution >= 0.6 is 0 Å². The van der Waals surface area contributed by atoms with Crippen molar-refractivity contribution in [2.75, 3.05) is 19.6 Å². The number of aryl methyl sites for hydroxylation is 1. The normalized spacial score (nSPS) is 15.3. The van der Waals surface area contributed by atoms with Gasteiger partial charge in [0.25, 0.3) is 0 Å². The first kappa shape index (κ1) is 19.3. The van der Waals surface area contributed by atoms with Gasteiger partial charge in [0.05, 0.1) is 6.04 Å². The number of nitrogens with zero attached hydrogens (tertiary/aromatic N) is 3. The first-order chi connectivity index (χ1) is 14.3. The molecule has 1 aliphatic rings. The number of hydrogen-bond donors (Lipinski definition) is 1. The molecule has 1 N–H and O–H groups in total. The average molecular weight is 390 g/mol. The monoisotopic (exact) mass is 390 g/mol. The lowest BCUT2D eigenvalue weighted by atomic mass is 10.1. The van der Waals surface area contributed by atoms with E-state index in [2.05, 4.69) is 44.6 Å². The van der Waals surface area contributed by atoms with Gasteiger partial charge < -0.3 is 9.84 Å². The zero-order chi connectivity index (χ0) is 19.9. The molecule has 0 bridgehead atoms. The summed E-state index contributed by atoms with van der Waals surface area (Å²) >= 11 is 0. The SMILES string of the molecule is O=C(CCc1nc(-c2ccccc2)no1)NC[C@@H](c1ccccc1)N1CCCC1. The number of nitrogens with one attached hydrogen (secondary N) is 1. The molecular formula is C23H26N4O2. The van der Waals surface area contributed by atoms with Crippen molar-refractivity contribution in [3.8, 4) is 11.4 Å². The van der Waals surface area contributed by atoms with Crippen LogP contribution in [0.5, 0.6) is 0 Å². The van der Waals surface area contributed by atoms with Gasteiger partial charge in [0, 0.05) is 24.9 Å². The Morgan fingerprint density at radius 1 is 1.03 bits per heavy atom. The van der Waals surface area contributed by atoms with E-state index in [9.17, 15) is 4.79 Å². The highest BCUT2D eigenvalue weighted by Gasteiger charge is 2.23. The molecule has 1 amide bonds. The summed E-state index contributed by atoms with van der Waals surface area (Å²) in [5.74, 6) is 1.04. The summed E-state index contributed by atoms with van der Waals surface area (Å²) in [6.45, 7) is 2.78. The molecule has 1 atom stereocenters. The molecule has 0 radical (unpaired) electrons. The van der Waals surface area contributed by atoms with Crippen LogP contribution in [0.1, 0.15) is 36.8 Å². The summed E-state index contributed by atoms with van der Waals surface area (Å²) in [6, 6.07) is 20.3. The molecule has 1 fully saturated rings. The Morgan fingerprint density at radius 2 is 1.72 bits per heavy atom. The third-order valence-electron chi connectivity index (χ3n) is 5.32. The van der Waals surface area contributed by atoms with Gasteiger partial charge in [-0.25, -0.2) is 0 Å². The van der Waals surface area contributed by atoms with Crippen LogP contribution < -0.4 is 5.32 Å². The van der Waals surface area contributed by atoms with E-state index in [-0.39, 0.29) is 11.9 Å². The summed E-state index contributed by atoms with van der Waals surface area (Å²) in [7, 11) is 0. The van der Waals surface area contributed by atoms with Gasteiger partial charge in [-0.05, 0) is 31.5 Å². The number of carbonyl (C=O) groups is 1. The Balaban J connectivity index is 1.30. The zero-order valence-electron chi connectivity index (χ0n) is 16.5. The molecule has 2 aromatic carbocycles. The summed E-state index contributed by atoms with van der Waals surface area (Å²) in [5.41, 5.74) is 2.15. The van der Waals surface area contributed by atoms with Crippen LogP contribution in [0.2, 0.25) is 0 Å².